The minimum atomic E-state index is 0.894. The second-order valence-electron chi connectivity index (χ2n) is 6.07. The minimum Gasteiger partial charge on any atom is -0.316 e. The van der Waals surface area contributed by atoms with Crippen LogP contribution < -0.4 is 5.32 Å². The van der Waals surface area contributed by atoms with E-state index in [0.29, 0.717) is 0 Å². The van der Waals surface area contributed by atoms with Gasteiger partial charge in [-0.2, -0.15) is 0 Å². The summed E-state index contributed by atoms with van der Waals surface area (Å²) in [6, 6.07) is 0. The Morgan fingerprint density at radius 3 is 2.47 bits per heavy atom. The number of likely N-dealkylation sites (tertiary alicyclic amines) is 1. The van der Waals surface area contributed by atoms with E-state index < -0.39 is 0 Å². The van der Waals surface area contributed by atoms with Gasteiger partial charge >= 0.3 is 0 Å². The largest absolute Gasteiger partial charge is 0.316 e. The van der Waals surface area contributed by atoms with Gasteiger partial charge in [0.2, 0.25) is 0 Å². The lowest BCUT2D eigenvalue weighted by molar-refractivity contribution is 0.244. The van der Waals surface area contributed by atoms with E-state index in [-0.39, 0.29) is 0 Å². The number of rotatable bonds is 2. The molecular formula is C13H24N2. The summed E-state index contributed by atoms with van der Waals surface area (Å²) in [5, 5.41) is 3.52. The molecule has 1 saturated carbocycles. The summed E-state index contributed by atoms with van der Waals surface area (Å²) in [6.45, 7) is 9.09. The molecule has 0 radical (unpaired) electrons. The van der Waals surface area contributed by atoms with Crippen molar-refractivity contribution in [1.82, 2.24) is 10.2 Å². The lowest BCUT2D eigenvalue weighted by Gasteiger charge is -2.23. The molecule has 0 aromatic rings. The SMILES string of the molecule is CC1CNCC1CN1CC2CCCC2C1. The maximum Gasteiger partial charge on any atom is 0.00251 e. The first-order valence-corrected chi connectivity index (χ1v) is 6.76. The van der Waals surface area contributed by atoms with Gasteiger partial charge in [-0.3, -0.25) is 0 Å². The van der Waals surface area contributed by atoms with E-state index >= 15 is 0 Å². The first-order valence-electron chi connectivity index (χ1n) is 6.76. The highest BCUT2D eigenvalue weighted by Gasteiger charge is 2.37. The molecule has 1 N–H and O–H groups in total. The number of hydrogen-bond donors (Lipinski definition) is 1. The molecule has 2 heteroatoms. The molecule has 3 aliphatic rings. The van der Waals surface area contributed by atoms with E-state index in [1.54, 1.807) is 0 Å². The zero-order valence-corrected chi connectivity index (χ0v) is 9.91. The number of nitrogens with zero attached hydrogens (tertiary/aromatic N) is 1. The Morgan fingerprint density at radius 2 is 1.87 bits per heavy atom. The molecule has 0 amide bonds. The van der Waals surface area contributed by atoms with E-state index in [4.69, 9.17) is 0 Å². The molecule has 0 bridgehead atoms. The highest BCUT2D eigenvalue weighted by molar-refractivity contribution is 4.90. The predicted molar refractivity (Wildman–Crippen MR) is 62.8 cm³/mol. The van der Waals surface area contributed by atoms with Gasteiger partial charge in [-0.15, -0.1) is 0 Å². The fraction of sp³-hybridized carbons (Fsp3) is 1.00. The van der Waals surface area contributed by atoms with Gasteiger partial charge in [-0.1, -0.05) is 13.3 Å². The maximum atomic E-state index is 3.52. The molecule has 0 aromatic heterocycles. The van der Waals surface area contributed by atoms with Crippen LogP contribution in [0.2, 0.25) is 0 Å². The third-order valence-electron chi connectivity index (χ3n) is 4.97. The Kier molecular flexibility index (Phi) is 2.73. The summed E-state index contributed by atoms with van der Waals surface area (Å²) >= 11 is 0. The van der Waals surface area contributed by atoms with Crippen molar-refractivity contribution < 1.29 is 0 Å². The molecule has 3 fully saturated rings. The molecule has 0 aromatic carbocycles. The summed E-state index contributed by atoms with van der Waals surface area (Å²) in [5.74, 6) is 3.94. The zero-order chi connectivity index (χ0) is 10.3. The van der Waals surface area contributed by atoms with E-state index in [0.717, 1.165) is 23.7 Å². The Morgan fingerprint density at radius 1 is 1.13 bits per heavy atom. The number of fused-ring (bicyclic) bond motifs is 1. The average Bonchev–Trinajstić information content (AvgIpc) is 2.83. The first kappa shape index (κ1) is 10.1. The standard InChI is InChI=1S/C13H24N2/c1-10-5-14-6-13(10)9-15-7-11-3-2-4-12(11)8-15/h10-14H,2-9H2,1H3. The van der Waals surface area contributed by atoms with Crippen molar-refractivity contribution in [2.24, 2.45) is 23.7 Å². The van der Waals surface area contributed by atoms with Gasteiger partial charge in [0.1, 0.15) is 0 Å². The van der Waals surface area contributed by atoms with E-state index in [1.165, 1.54) is 52.0 Å². The molecule has 3 rings (SSSR count). The quantitative estimate of drug-likeness (QED) is 0.741. The Labute approximate surface area is 93.4 Å². The molecule has 15 heavy (non-hydrogen) atoms. The Balaban J connectivity index is 1.52. The minimum absolute atomic E-state index is 0.894. The molecule has 2 heterocycles. The smallest absolute Gasteiger partial charge is 0.00251 e. The lowest BCUT2D eigenvalue weighted by atomic mass is 9.98. The molecule has 1 aliphatic carbocycles. The van der Waals surface area contributed by atoms with Crippen LogP contribution in [0, 0.1) is 23.7 Å². The lowest BCUT2D eigenvalue weighted by Crippen LogP contribution is -2.31. The third-order valence-corrected chi connectivity index (χ3v) is 4.97. The summed E-state index contributed by atoms with van der Waals surface area (Å²) in [4.78, 5) is 2.75. The highest BCUT2D eigenvalue weighted by Crippen LogP contribution is 2.38. The van der Waals surface area contributed by atoms with Crippen molar-refractivity contribution in [2.75, 3.05) is 32.7 Å². The van der Waals surface area contributed by atoms with E-state index in [9.17, 15) is 0 Å². The van der Waals surface area contributed by atoms with Crippen LogP contribution in [0.1, 0.15) is 26.2 Å². The van der Waals surface area contributed by atoms with Gasteiger partial charge in [0.05, 0.1) is 0 Å². The van der Waals surface area contributed by atoms with Crippen molar-refractivity contribution in [3.63, 3.8) is 0 Å². The van der Waals surface area contributed by atoms with Gasteiger partial charge in [0.25, 0.3) is 0 Å². The third kappa shape index (κ3) is 1.94. The van der Waals surface area contributed by atoms with Crippen LogP contribution in [-0.2, 0) is 0 Å². The topological polar surface area (TPSA) is 15.3 Å². The predicted octanol–water partition coefficient (Wildman–Crippen LogP) is 1.57. The molecule has 2 nitrogen and oxygen atoms in total. The van der Waals surface area contributed by atoms with Crippen molar-refractivity contribution >= 4 is 0 Å². The first-order chi connectivity index (χ1) is 7.33. The Hall–Kier alpha value is -0.0800. The van der Waals surface area contributed by atoms with Gasteiger partial charge in [0, 0.05) is 19.6 Å². The van der Waals surface area contributed by atoms with Gasteiger partial charge in [-0.05, 0) is 49.6 Å². The van der Waals surface area contributed by atoms with Crippen LogP contribution >= 0.6 is 0 Å². The highest BCUT2D eigenvalue weighted by atomic mass is 15.2. The van der Waals surface area contributed by atoms with Crippen LogP contribution in [-0.4, -0.2) is 37.6 Å². The van der Waals surface area contributed by atoms with E-state index in [1.807, 2.05) is 0 Å². The number of hydrogen-bond acceptors (Lipinski definition) is 2. The fourth-order valence-corrected chi connectivity index (χ4v) is 3.92. The second-order valence-corrected chi connectivity index (χ2v) is 6.07. The van der Waals surface area contributed by atoms with Crippen molar-refractivity contribution in [3.05, 3.63) is 0 Å². The number of nitrogens with one attached hydrogen (secondary N) is 1. The molecule has 4 unspecified atom stereocenters. The average molecular weight is 208 g/mol. The van der Waals surface area contributed by atoms with Crippen LogP contribution in [0.25, 0.3) is 0 Å². The van der Waals surface area contributed by atoms with Crippen LogP contribution in [0.3, 0.4) is 0 Å². The van der Waals surface area contributed by atoms with Crippen LogP contribution in [0.4, 0.5) is 0 Å². The summed E-state index contributed by atoms with van der Waals surface area (Å²) in [7, 11) is 0. The normalized spacial score (nSPS) is 46.2. The monoisotopic (exact) mass is 208 g/mol. The second kappa shape index (κ2) is 4.06. The maximum absolute atomic E-state index is 3.52. The van der Waals surface area contributed by atoms with Crippen LogP contribution in [0.5, 0.6) is 0 Å². The van der Waals surface area contributed by atoms with Crippen LogP contribution in [0.15, 0.2) is 0 Å². The summed E-state index contributed by atoms with van der Waals surface area (Å²) in [6.07, 6.45) is 4.53. The summed E-state index contributed by atoms with van der Waals surface area (Å²) < 4.78 is 0. The molecule has 0 spiro atoms. The molecule has 4 atom stereocenters. The van der Waals surface area contributed by atoms with Crippen molar-refractivity contribution in [1.29, 1.82) is 0 Å². The summed E-state index contributed by atoms with van der Waals surface area (Å²) in [5.41, 5.74) is 0. The molecular weight excluding hydrogens is 184 g/mol. The molecule has 2 aliphatic heterocycles. The van der Waals surface area contributed by atoms with Crippen molar-refractivity contribution in [3.8, 4) is 0 Å². The molecule has 86 valence electrons. The van der Waals surface area contributed by atoms with Gasteiger partial charge in [-0.25, -0.2) is 0 Å². The molecule has 2 saturated heterocycles. The zero-order valence-electron chi connectivity index (χ0n) is 9.91. The van der Waals surface area contributed by atoms with E-state index in [2.05, 4.69) is 17.1 Å². The van der Waals surface area contributed by atoms with Crippen molar-refractivity contribution in [2.45, 2.75) is 26.2 Å². The van der Waals surface area contributed by atoms with Gasteiger partial charge in [0.15, 0.2) is 0 Å². The fourth-order valence-electron chi connectivity index (χ4n) is 3.92. The van der Waals surface area contributed by atoms with Gasteiger partial charge < -0.3 is 10.2 Å². The Bertz CT molecular complexity index is 217.